The molecule has 5 nitrogen and oxygen atoms in total. The molecule has 0 amide bonds. The summed E-state index contributed by atoms with van der Waals surface area (Å²) in [5.74, 6) is 1.16. The summed E-state index contributed by atoms with van der Waals surface area (Å²) in [5.41, 5.74) is 8.43. The predicted octanol–water partition coefficient (Wildman–Crippen LogP) is 2.87. The smallest absolute Gasteiger partial charge is 0.239 e. The van der Waals surface area contributed by atoms with Crippen LogP contribution >= 0.6 is 0 Å². The van der Waals surface area contributed by atoms with E-state index < -0.39 is 0 Å². The molecule has 0 aliphatic heterocycles. The summed E-state index contributed by atoms with van der Waals surface area (Å²) in [7, 11) is 4.01. The largest absolute Gasteiger partial charge is 0.476 e. The van der Waals surface area contributed by atoms with Crippen molar-refractivity contribution in [1.82, 2.24) is 4.98 Å². The highest BCUT2D eigenvalue weighted by Crippen LogP contribution is 2.28. The number of nitrogens with two attached hydrogens (primary N) is 1. The van der Waals surface area contributed by atoms with Crippen LogP contribution in [-0.4, -0.2) is 25.7 Å². The van der Waals surface area contributed by atoms with Crippen molar-refractivity contribution in [1.29, 1.82) is 0 Å². The minimum Gasteiger partial charge on any atom is -0.476 e. The monoisotopic (exact) mass is 272 g/mol. The first-order chi connectivity index (χ1) is 9.61. The summed E-state index contributed by atoms with van der Waals surface area (Å²) < 4.78 is 5.41. The Bertz CT molecular complexity index is 584. The van der Waals surface area contributed by atoms with Gasteiger partial charge in [0.1, 0.15) is 5.82 Å². The zero-order valence-corrected chi connectivity index (χ0v) is 12.1. The van der Waals surface area contributed by atoms with Gasteiger partial charge in [0, 0.05) is 14.1 Å². The van der Waals surface area contributed by atoms with Gasteiger partial charge in [-0.1, -0.05) is 12.1 Å². The maximum atomic E-state index is 5.82. The number of nitrogens with one attached hydrogen (secondary N) is 1. The van der Waals surface area contributed by atoms with E-state index in [-0.39, 0.29) is 0 Å². The highest BCUT2D eigenvalue weighted by atomic mass is 16.5. The Balaban J connectivity index is 2.28. The predicted molar refractivity (Wildman–Crippen MR) is 83.9 cm³/mol. The van der Waals surface area contributed by atoms with Crippen LogP contribution in [0, 0.1) is 0 Å². The van der Waals surface area contributed by atoms with E-state index in [4.69, 9.17) is 10.5 Å². The fourth-order valence-electron chi connectivity index (χ4n) is 1.88. The Morgan fingerprint density at radius 3 is 2.65 bits per heavy atom. The number of hydrogen-bond acceptors (Lipinski definition) is 5. The molecule has 0 saturated carbocycles. The zero-order valence-electron chi connectivity index (χ0n) is 12.1. The van der Waals surface area contributed by atoms with Crippen molar-refractivity contribution in [3.8, 4) is 5.88 Å². The van der Waals surface area contributed by atoms with Crippen LogP contribution in [-0.2, 0) is 0 Å². The topological polar surface area (TPSA) is 63.4 Å². The van der Waals surface area contributed by atoms with Crippen molar-refractivity contribution in [2.45, 2.75) is 6.92 Å². The highest BCUT2D eigenvalue weighted by molar-refractivity contribution is 5.74. The van der Waals surface area contributed by atoms with Gasteiger partial charge in [-0.05, 0) is 31.2 Å². The molecule has 0 fully saturated rings. The standard InChI is InChI=1S/C15H20N4O/c1-4-20-15-11(16)9-10-14(18-15)17-12-7-5-6-8-13(12)19(2)3/h5-10H,4,16H2,1-3H3,(H,17,18). The van der Waals surface area contributed by atoms with Crippen LogP contribution in [0.1, 0.15) is 6.92 Å². The van der Waals surface area contributed by atoms with Crippen molar-refractivity contribution < 1.29 is 4.74 Å². The molecule has 0 spiro atoms. The fraction of sp³-hybridized carbons (Fsp3) is 0.267. The van der Waals surface area contributed by atoms with Crippen LogP contribution in [0.2, 0.25) is 0 Å². The molecule has 0 aliphatic carbocycles. The Hall–Kier alpha value is -2.43. The summed E-state index contributed by atoms with van der Waals surface area (Å²) in [6.45, 7) is 2.44. The number of ether oxygens (including phenoxy) is 1. The van der Waals surface area contributed by atoms with Gasteiger partial charge in [0.2, 0.25) is 5.88 Å². The molecule has 0 saturated heterocycles. The Morgan fingerprint density at radius 2 is 1.95 bits per heavy atom. The number of nitrogens with zero attached hydrogens (tertiary/aromatic N) is 2. The first kappa shape index (κ1) is 14.0. The number of benzene rings is 1. The molecule has 0 unspecified atom stereocenters. The van der Waals surface area contributed by atoms with Crippen LogP contribution in [0.3, 0.4) is 0 Å². The quantitative estimate of drug-likeness (QED) is 0.876. The van der Waals surface area contributed by atoms with Gasteiger partial charge in [-0.25, -0.2) is 0 Å². The number of rotatable bonds is 5. The molecule has 5 heteroatoms. The summed E-state index contributed by atoms with van der Waals surface area (Å²) >= 11 is 0. The average molecular weight is 272 g/mol. The number of aromatic nitrogens is 1. The first-order valence-electron chi connectivity index (χ1n) is 6.54. The van der Waals surface area contributed by atoms with Crippen LogP contribution in [0.4, 0.5) is 22.9 Å². The van der Waals surface area contributed by atoms with Gasteiger partial charge in [0.15, 0.2) is 0 Å². The van der Waals surface area contributed by atoms with Crippen molar-refractivity contribution >= 4 is 22.9 Å². The summed E-state index contributed by atoms with van der Waals surface area (Å²) in [6, 6.07) is 11.7. The molecule has 3 N–H and O–H groups in total. The number of nitrogen functional groups attached to an aromatic ring is 1. The molecule has 0 atom stereocenters. The number of pyridine rings is 1. The third-order valence-corrected chi connectivity index (χ3v) is 2.82. The van der Waals surface area contributed by atoms with E-state index in [1.165, 1.54) is 0 Å². The minimum atomic E-state index is 0.458. The van der Waals surface area contributed by atoms with Gasteiger partial charge in [0.05, 0.1) is 23.7 Å². The molecule has 0 bridgehead atoms. The number of anilines is 4. The lowest BCUT2D eigenvalue weighted by atomic mass is 10.2. The van der Waals surface area contributed by atoms with Crippen LogP contribution in [0.5, 0.6) is 5.88 Å². The van der Waals surface area contributed by atoms with E-state index >= 15 is 0 Å². The molecule has 1 heterocycles. The van der Waals surface area contributed by atoms with E-state index in [2.05, 4.69) is 10.3 Å². The van der Waals surface area contributed by atoms with Crippen molar-refractivity contribution in [2.75, 3.05) is 36.7 Å². The van der Waals surface area contributed by atoms with Crippen molar-refractivity contribution in [3.05, 3.63) is 36.4 Å². The second kappa shape index (κ2) is 6.14. The van der Waals surface area contributed by atoms with Crippen LogP contribution < -0.4 is 20.7 Å². The fourth-order valence-corrected chi connectivity index (χ4v) is 1.88. The van der Waals surface area contributed by atoms with Crippen molar-refractivity contribution in [2.24, 2.45) is 0 Å². The van der Waals surface area contributed by atoms with Gasteiger partial charge in [-0.2, -0.15) is 4.98 Å². The summed E-state index contributed by atoms with van der Waals surface area (Å²) in [4.78, 5) is 6.43. The molecule has 0 aliphatic rings. The Kier molecular flexibility index (Phi) is 4.30. The maximum absolute atomic E-state index is 5.82. The zero-order chi connectivity index (χ0) is 14.5. The van der Waals surface area contributed by atoms with Gasteiger partial charge in [-0.3, -0.25) is 0 Å². The van der Waals surface area contributed by atoms with Crippen LogP contribution in [0.15, 0.2) is 36.4 Å². The molecular weight excluding hydrogens is 252 g/mol. The Morgan fingerprint density at radius 1 is 1.20 bits per heavy atom. The molecule has 1 aromatic carbocycles. The molecule has 0 radical (unpaired) electrons. The summed E-state index contributed by atoms with van der Waals surface area (Å²) in [5, 5.41) is 3.29. The average Bonchev–Trinajstić information content (AvgIpc) is 2.43. The lowest BCUT2D eigenvalue weighted by molar-refractivity contribution is 0.329. The third kappa shape index (κ3) is 3.12. The molecule has 20 heavy (non-hydrogen) atoms. The molecule has 2 aromatic rings. The van der Waals surface area contributed by atoms with Crippen LogP contribution in [0.25, 0.3) is 0 Å². The molecule has 2 rings (SSSR count). The number of hydrogen-bond donors (Lipinski definition) is 2. The minimum absolute atomic E-state index is 0.458. The molecule has 1 aromatic heterocycles. The van der Waals surface area contributed by atoms with E-state index in [1.54, 1.807) is 6.07 Å². The summed E-state index contributed by atoms with van der Waals surface area (Å²) in [6.07, 6.45) is 0. The first-order valence-corrected chi connectivity index (χ1v) is 6.54. The lowest BCUT2D eigenvalue weighted by Crippen LogP contribution is -2.11. The molecular formula is C15H20N4O. The normalized spacial score (nSPS) is 10.2. The van der Waals surface area contributed by atoms with Gasteiger partial charge in [0.25, 0.3) is 0 Å². The van der Waals surface area contributed by atoms with E-state index in [1.807, 2.05) is 56.3 Å². The second-order valence-electron chi connectivity index (χ2n) is 4.56. The lowest BCUT2D eigenvalue weighted by Gasteiger charge is -2.18. The van der Waals surface area contributed by atoms with E-state index in [0.29, 0.717) is 24.0 Å². The SMILES string of the molecule is CCOc1nc(Nc2ccccc2N(C)C)ccc1N. The van der Waals surface area contributed by atoms with Crippen molar-refractivity contribution in [3.63, 3.8) is 0 Å². The highest BCUT2D eigenvalue weighted by Gasteiger charge is 2.07. The third-order valence-electron chi connectivity index (χ3n) is 2.82. The van der Waals surface area contributed by atoms with Gasteiger partial charge >= 0.3 is 0 Å². The Labute approximate surface area is 119 Å². The van der Waals surface area contributed by atoms with E-state index in [9.17, 15) is 0 Å². The maximum Gasteiger partial charge on any atom is 0.239 e. The van der Waals surface area contributed by atoms with Gasteiger partial charge in [-0.15, -0.1) is 0 Å². The second-order valence-corrected chi connectivity index (χ2v) is 4.56. The van der Waals surface area contributed by atoms with Gasteiger partial charge < -0.3 is 20.7 Å². The van der Waals surface area contributed by atoms with E-state index in [0.717, 1.165) is 11.4 Å². The number of para-hydroxylation sites is 2. The molecule has 106 valence electrons.